The molecule has 8 heteroatoms. The highest BCUT2D eigenvalue weighted by atomic mass is 35.5. The summed E-state index contributed by atoms with van der Waals surface area (Å²) in [6.07, 6.45) is 5.46. The number of urea groups is 1. The number of hydrogen-bond acceptors (Lipinski definition) is 4. The van der Waals surface area contributed by atoms with Crippen LogP contribution in [0.15, 0.2) is 28.6 Å². The van der Waals surface area contributed by atoms with Crippen molar-refractivity contribution in [2.75, 3.05) is 5.32 Å². The number of nitrogens with one attached hydrogen (secondary N) is 2. The third-order valence-electron chi connectivity index (χ3n) is 3.49. The molecule has 3 rings (SSSR count). The second-order valence-electron chi connectivity index (χ2n) is 5.28. The Kier molecular flexibility index (Phi) is 4.17. The average molecular weight is 339 g/mol. The fourth-order valence-corrected chi connectivity index (χ4v) is 3.28. The Morgan fingerprint density at radius 1 is 1.55 bits per heavy atom. The van der Waals surface area contributed by atoms with Gasteiger partial charge in [0, 0.05) is 24.8 Å². The van der Waals surface area contributed by atoms with Crippen LogP contribution in [0.3, 0.4) is 0 Å². The molecule has 2 heterocycles. The minimum atomic E-state index is -0.332. The standard InChI is InChI=1S/C14H15ClN4O2S/c1-19-7-9(6-10(15)13(19)20)17-14(21)18-11(8-2-3-8)12-16-4-5-22-12/h4-8,11H,2-3H2,1H3,(H2,17,18,21)/t11-/m1/s1. The second-order valence-corrected chi connectivity index (χ2v) is 6.61. The van der Waals surface area contributed by atoms with Crippen LogP contribution in [0.5, 0.6) is 0 Å². The first-order valence-electron chi connectivity index (χ1n) is 6.87. The van der Waals surface area contributed by atoms with Gasteiger partial charge < -0.3 is 15.2 Å². The Labute approximate surface area is 136 Å². The van der Waals surface area contributed by atoms with Gasteiger partial charge in [0.2, 0.25) is 0 Å². The quantitative estimate of drug-likeness (QED) is 0.900. The Balaban J connectivity index is 1.70. The molecule has 1 aliphatic rings. The fraction of sp³-hybridized carbons (Fsp3) is 0.357. The lowest BCUT2D eigenvalue weighted by atomic mass is 10.2. The van der Waals surface area contributed by atoms with Gasteiger partial charge in [-0.05, 0) is 24.8 Å². The predicted molar refractivity (Wildman–Crippen MR) is 86.4 cm³/mol. The summed E-state index contributed by atoms with van der Waals surface area (Å²) in [6, 6.07) is 1.05. The average Bonchev–Trinajstić information content (AvgIpc) is 3.16. The van der Waals surface area contributed by atoms with Crippen molar-refractivity contribution in [3.05, 3.63) is 44.2 Å². The van der Waals surface area contributed by atoms with Gasteiger partial charge in [-0.15, -0.1) is 11.3 Å². The summed E-state index contributed by atoms with van der Waals surface area (Å²) in [6.45, 7) is 0. The van der Waals surface area contributed by atoms with E-state index in [9.17, 15) is 9.59 Å². The lowest BCUT2D eigenvalue weighted by Crippen LogP contribution is -2.34. The maximum Gasteiger partial charge on any atom is 0.319 e. The van der Waals surface area contributed by atoms with E-state index in [0.717, 1.165) is 17.8 Å². The van der Waals surface area contributed by atoms with E-state index < -0.39 is 0 Å². The van der Waals surface area contributed by atoms with Crippen LogP contribution in [0.2, 0.25) is 5.02 Å². The number of halogens is 1. The molecule has 0 aromatic carbocycles. The summed E-state index contributed by atoms with van der Waals surface area (Å²) in [5.41, 5.74) is 0.171. The fourth-order valence-electron chi connectivity index (χ4n) is 2.25. The highest BCUT2D eigenvalue weighted by Crippen LogP contribution is 2.41. The lowest BCUT2D eigenvalue weighted by molar-refractivity contribution is 0.247. The van der Waals surface area contributed by atoms with Gasteiger partial charge in [0.05, 0.1) is 11.7 Å². The first-order valence-corrected chi connectivity index (χ1v) is 8.13. The summed E-state index contributed by atoms with van der Waals surface area (Å²) in [5.74, 6) is 0.445. The highest BCUT2D eigenvalue weighted by molar-refractivity contribution is 7.09. The van der Waals surface area contributed by atoms with Crippen LogP contribution >= 0.6 is 22.9 Å². The van der Waals surface area contributed by atoms with Crippen molar-refractivity contribution in [3.8, 4) is 0 Å². The Morgan fingerprint density at radius 2 is 2.32 bits per heavy atom. The Morgan fingerprint density at radius 3 is 2.91 bits per heavy atom. The largest absolute Gasteiger partial charge is 0.328 e. The molecule has 2 amide bonds. The summed E-state index contributed by atoms with van der Waals surface area (Å²) in [5, 5.41) is 8.54. The molecule has 0 spiro atoms. The summed E-state index contributed by atoms with van der Waals surface area (Å²) < 4.78 is 1.33. The van der Waals surface area contributed by atoms with Crippen molar-refractivity contribution < 1.29 is 4.79 Å². The molecule has 2 N–H and O–H groups in total. The number of carbonyl (C=O) groups is 1. The first-order chi connectivity index (χ1) is 10.5. The van der Waals surface area contributed by atoms with Crippen molar-refractivity contribution in [3.63, 3.8) is 0 Å². The van der Waals surface area contributed by atoms with Gasteiger partial charge >= 0.3 is 6.03 Å². The number of thiazole rings is 1. The van der Waals surface area contributed by atoms with Crippen molar-refractivity contribution in [2.45, 2.75) is 18.9 Å². The molecule has 1 atom stereocenters. The first kappa shape index (κ1) is 15.1. The van der Waals surface area contributed by atoms with Crippen molar-refractivity contribution >= 4 is 34.7 Å². The van der Waals surface area contributed by atoms with Crippen molar-refractivity contribution in [1.29, 1.82) is 0 Å². The van der Waals surface area contributed by atoms with Crippen LogP contribution in [0.1, 0.15) is 23.9 Å². The number of amides is 2. The molecule has 6 nitrogen and oxygen atoms in total. The number of hydrogen-bond donors (Lipinski definition) is 2. The molecule has 0 unspecified atom stereocenters. The number of carbonyl (C=O) groups excluding carboxylic acids is 1. The van der Waals surface area contributed by atoms with Crippen LogP contribution < -0.4 is 16.2 Å². The van der Waals surface area contributed by atoms with E-state index in [4.69, 9.17) is 11.6 Å². The van der Waals surface area contributed by atoms with Crippen LogP contribution in [-0.4, -0.2) is 15.6 Å². The lowest BCUT2D eigenvalue weighted by Gasteiger charge is -2.16. The molecule has 0 aliphatic heterocycles. The summed E-state index contributed by atoms with van der Waals surface area (Å²) >= 11 is 7.37. The number of nitrogens with zero attached hydrogens (tertiary/aromatic N) is 2. The van der Waals surface area contributed by atoms with Crippen LogP contribution in [0.25, 0.3) is 0 Å². The van der Waals surface area contributed by atoms with Gasteiger partial charge in [0.1, 0.15) is 10.0 Å². The molecule has 1 aliphatic carbocycles. The molecule has 1 saturated carbocycles. The molecule has 0 saturated heterocycles. The molecule has 2 aromatic rings. The minimum absolute atomic E-state index is 0.0667. The van der Waals surface area contributed by atoms with Gasteiger partial charge in [0.15, 0.2) is 0 Å². The second kappa shape index (κ2) is 6.10. The van der Waals surface area contributed by atoms with E-state index in [-0.39, 0.29) is 22.7 Å². The van der Waals surface area contributed by atoms with Crippen LogP contribution in [0, 0.1) is 5.92 Å². The zero-order valence-corrected chi connectivity index (χ0v) is 13.4. The van der Waals surface area contributed by atoms with Gasteiger partial charge in [-0.3, -0.25) is 4.79 Å². The van der Waals surface area contributed by atoms with E-state index in [1.807, 2.05) is 5.38 Å². The number of pyridine rings is 1. The van der Waals surface area contributed by atoms with Crippen LogP contribution in [0.4, 0.5) is 10.5 Å². The maximum absolute atomic E-state index is 12.2. The number of anilines is 1. The van der Waals surface area contributed by atoms with Crippen LogP contribution in [-0.2, 0) is 7.05 Å². The van der Waals surface area contributed by atoms with E-state index in [1.165, 1.54) is 28.2 Å². The van der Waals surface area contributed by atoms with Crippen molar-refractivity contribution in [1.82, 2.24) is 14.9 Å². The summed E-state index contributed by atoms with van der Waals surface area (Å²) in [7, 11) is 1.58. The van der Waals surface area contributed by atoms with Gasteiger partial charge in [-0.2, -0.15) is 0 Å². The third-order valence-corrected chi connectivity index (χ3v) is 4.62. The molecular formula is C14H15ClN4O2S. The monoisotopic (exact) mass is 338 g/mol. The molecule has 0 radical (unpaired) electrons. The predicted octanol–water partition coefficient (Wildman–Crippen LogP) is 2.77. The van der Waals surface area contributed by atoms with Gasteiger partial charge in [0.25, 0.3) is 5.56 Å². The van der Waals surface area contributed by atoms with E-state index in [1.54, 1.807) is 13.2 Å². The zero-order valence-electron chi connectivity index (χ0n) is 11.9. The normalized spacial score (nSPS) is 15.4. The zero-order chi connectivity index (χ0) is 15.7. The SMILES string of the molecule is Cn1cc(NC(=O)N[C@@H](c2nccs2)C2CC2)cc(Cl)c1=O. The number of aryl methyl sites for hydroxylation is 1. The number of rotatable bonds is 4. The Bertz CT molecular complexity index is 714. The third kappa shape index (κ3) is 3.31. The Hall–Kier alpha value is -1.86. The maximum atomic E-state index is 12.2. The molecule has 0 bridgehead atoms. The smallest absolute Gasteiger partial charge is 0.319 e. The molecule has 1 fully saturated rings. The van der Waals surface area contributed by atoms with Gasteiger partial charge in [-0.1, -0.05) is 11.6 Å². The van der Waals surface area contributed by atoms with Gasteiger partial charge in [-0.25, -0.2) is 9.78 Å². The van der Waals surface area contributed by atoms with E-state index in [0.29, 0.717) is 11.6 Å². The molecule has 116 valence electrons. The minimum Gasteiger partial charge on any atom is -0.328 e. The topological polar surface area (TPSA) is 76.0 Å². The van der Waals surface area contributed by atoms with Crippen molar-refractivity contribution in [2.24, 2.45) is 13.0 Å². The molecule has 2 aromatic heterocycles. The molecular weight excluding hydrogens is 324 g/mol. The highest BCUT2D eigenvalue weighted by Gasteiger charge is 2.35. The molecule has 22 heavy (non-hydrogen) atoms. The van der Waals surface area contributed by atoms with E-state index in [2.05, 4.69) is 15.6 Å². The van der Waals surface area contributed by atoms with E-state index >= 15 is 0 Å². The summed E-state index contributed by atoms with van der Waals surface area (Å²) in [4.78, 5) is 28.0. The number of aromatic nitrogens is 2.